The van der Waals surface area contributed by atoms with Crippen LogP contribution in [0.2, 0.25) is 0 Å². The smallest absolute Gasteiger partial charge is 0.337 e. The molecule has 0 aliphatic rings. The summed E-state index contributed by atoms with van der Waals surface area (Å²) in [6, 6.07) is 7.92. The Morgan fingerprint density at radius 3 is 2.78 bits per heavy atom. The molecule has 2 rings (SSSR count). The highest BCUT2D eigenvalue weighted by Crippen LogP contribution is 2.12. The lowest BCUT2D eigenvalue weighted by Crippen LogP contribution is -2.16. The summed E-state index contributed by atoms with van der Waals surface area (Å²) in [4.78, 5) is 22.9. The van der Waals surface area contributed by atoms with Gasteiger partial charge in [0.2, 0.25) is 0 Å². The van der Waals surface area contributed by atoms with E-state index in [1.165, 1.54) is 16.8 Å². The molecule has 0 bridgehead atoms. The van der Waals surface area contributed by atoms with E-state index in [1.54, 1.807) is 18.2 Å². The Bertz CT molecular complexity index is 625. The molecule has 0 unspecified atom stereocenters. The lowest BCUT2D eigenvalue weighted by molar-refractivity contribution is 0.0696. The zero-order valence-corrected chi connectivity index (χ0v) is 10.0. The fourth-order valence-electron chi connectivity index (χ4n) is 1.87. The fraction of sp³-hybridized carbons (Fsp3) is 0.231. The number of carbonyl (C=O) groups is 1. The van der Waals surface area contributed by atoms with Gasteiger partial charge in [0.15, 0.2) is 0 Å². The van der Waals surface area contributed by atoms with Crippen LogP contribution in [0.1, 0.15) is 29.4 Å². The molecule has 5 heteroatoms. The lowest BCUT2D eigenvalue weighted by Gasteiger charge is -2.05. The number of nitrogens with one attached hydrogen (secondary N) is 1. The first-order valence-corrected chi connectivity index (χ1v) is 5.77. The number of aromatic amines is 1. The number of nitrogens with zero attached hydrogens (tertiary/aromatic N) is 1. The van der Waals surface area contributed by atoms with Crippen LogP contribution in [-0.4, -0.2) is 20.9 Å². The average Bonchev–Trinajstić information content (AvgIpc) is 2.70. The Morgan fingerprint density at radius 2 is 2.11 bits per heavy atom. The zero-order valence-electron chi connectivity index (χ0n) is 10.0. The molecule has 5 nitrogen and oxygen atoms in total. The number of benzene rings is 1. The van der Waals surface area contributed by atoms with Crippen molar-refractivity contribution in [3.63, 3.8) is 0 Å². The van der Waals surface area contributed by atoms with Crippen LogP contribution in [0, 0.1) is 0 Å². The van der Waals surface area contributed by atoms with Gasteiger partial charge in [0.05, 0.1) is 11.3 Å². The first kappa shape index (κ1) is 12.2. The van der Waals surface area contributed by atoms with Crippen LogP contribution in [0.5, 0.6) is 0 Å². The monoisotopic (exact) mass is 246 g/mol. The molecule has 1 aromatic carbocycles. The maximum absolute atomic E-state index is 11.8. The Labute approximate surface area is 104 Å². The molecule has 0 atom stereocenters. The topological polar surface area (TPSA) is 75.1 Å². The van der Waals surface area contributed by atoms with Gasteiger partial charge in [-0.15, -0.1) is 0 Å². The van der Waals surface area contributed by atoms with Gasteiger partial charge in [0.25, 0.3) is 5.56 Å². The number of carboxylic acids is 1. The SMILES string of the molecule is CCCc1cc(=O)n(-c2ccccc2C(=O)O)[nH]1. The number of rotatable bonds is 4. The third kappa shape index (κ3) is 2.20. The lowest BCUT2D eigenvalue weighted by atomic mass is 10.2. The molecule has 1 heterocycles. The van der Waals surface area contributed by atoms with Gasteiger partial charge in [-0.05, 0) is 18.6 Å². The van der Waals surface area contributed by atoms with Crippen molar-refractivity contribution < 1.29 is 9.90 Å². The Hall–Kier alpha value is -2.30. The second kappa shape index (κ2) is 4.91. The van der Waals surface area contributed by atoms with Gasteiger partial charge in [0, 0.05) is 11.8 Å². The maximum Gasteiger partial charge on any atom is 0.337 e. The van der Waals surface area contributed by atoms with E-state index in [1.807, 2.05) is 6.92 Å². The molecule has 0 saturated carbocycles. The predicted octanol–water partition coefficient (Wildman–Crippen LogP) is 1.82. The number of carboxylic acid groups (broad SMARTS) is 1. The number of H-pyrrole nitrogens is 1. The molecule has 18 heavy (non-hydrogen) atoms. The van der Waals surface area contributed by atoms with Gasteiger partial charge in [0.1, 0.15) is 0 Å². The number of aromatic nitrogens is 2. The van der Waals surface area contributed by atoms with Crippen molar-refractivity contribution >= 4 is 5.97 Å². The summed E-state index contributed by atoms with van der Waals surface area (Å²) in [5.41, 5.74) is 1.02. The van der Waals surface area contributed by atoms with Crippen LogP contribution in [0.3, 0.4) is 0 Å². The molecule has 1 aromatic heterocycles. The van der Waals surface area contributed by atoms with Gasteiger partial charge in [-0.1, -0.05) is 25.5 Å². The maximum atomic E-state index is 11.8. The first-order chi connectivity index (χ1) is 8.63. The molecule has 2 N–H and O–H groups in total. The van der Waals surface area contributed by atoms with Crippen molar-refractivity contribution in [1.82, 2.24) is 9.78 Å². The normalized spacial score (nSPS) is 10.5. The van der Waals surface area contributed by atoms with Gasteiger partial charge < -0.3 is 5.11 Å². The van der Waals surface area contributed by atoms with Crippen molar-refractivity contribution in [2.24, 2.45) is 0 Å². The van der Waals surface area contributed by atoms with Gasteiger partial charge in [-0.2, -0.15) is 0 Å². The predicted molar refractivity (Wildman–Crippen MR) is 67.3 cm³/mol. The zero-order chi connectivity index (χ0) is 13.1. The molecule has 0 aliphatic carbocycles. The first-order valence-electron chi connectivity index (χ1n) is 5.77. The molecule has 0 aliphatic heterocycles. The number of hydrogen-bond donors (Lipinski definition) is 2. The molecule has 0 amide bonds. The summed E-state index contributed by atoms with van der Waals surface area (Å²) in [6.07, 6.45) is 1.68. The number of hydrogen-bond acceptors (Lipinski definition) is 2. The third-order valence-electron chi connectivity index (χ3n) is 2.67. The van der Waals surface area contributed by atoms with E-state index < -0.39 is 5.97 Å². The minimum atomic E-state index is -1.05. The van der Waals surface area contributed by atoms with Crippen LogP contribution in [0.15, 0.2) is 35.1 Å². The summed E-state index contributed by atoms with van der Waals surface area (Å²) in [7, 11) is 0. The summed E-state index contributed by atoms with van der Waals surface area (Å²) in [5.74, 6) is -1.05. The van der Waals surface area contributed by atoms with Crippen LogP contribution in [0.25, 0.3) is 5.69 Å². The van der Waals surface area contributed by atoms with E-state index in [0.29, 0.717) is 5.69 Å². The average molecular weight is 246 g/mol. The van der Waals surface area contributed by atoms with Crippen LogP contribution in [-0.2, 0) is 6.42 Å². The van der Waals surface area contributed by atoms with E-state index in [-0.39, 0.29) is 11.1 Å². The number of para-hydroxylation sites is 1. The van der Waals surface area contributed by atoms with Crippen molar-refractivity contribution in [2.45, 2.75) is 19.8 Å². The molecular formula is C13H14N2O3. The summed E-state index contributed by atoms with van der Waals surface area (Å²) >= 11 is 0. The Morgan fingerprint density at radius 1 is 1.39 bits per heavy atom. The molecule has 0 radical (unpaired) electrons. The molecule has 0 saturated heterocycles. The van der Waals surface area contributed by atoms with E-state index in [9.17, 15) is 9.59 Å². The summed E-state index contributed by atoms with van der Waals surface area (Å²) < 4.78 is 1.27. The van der Waals surface area contributed by atoms with Gasteiger partial charge in [-0.25, -0.2) is 9.48 Å². The molecule has 0 spiro atoms. The molecule has 94 valence electrons. The number of aryl methyl sites for hydroxylation is 1. The highest BCUT2D eigenvalue weighted by molar-refractivity contribution is 5.91. The van der Waals surface area contributed by atoms with E-state index in [4.69, 9.17) is 5.11 Å². The van der Waals surface area contributed by atoms with Crippen molar-refractivity contribution in [3.05, 3.63) is 51.9 Å². The molecule has 0 fully saturated rings. The van der Waals surface area contributed by atoms with E-state index in [0.717, 1.165) is 18.5 Å². The standard InChI is InChI=1S/C13H14N2O3/c1-2-5-9-8-12(16)15(14-9)11-7-4-3-6-10(11)13(17)18/h3-4,6-8,14H,2,5H2,1H3,(H,17,18). The highest BCUT2D eigenvalue weighted by atomic mass is 16.4. The van der Waals surface area contributed by atoms with Crippen LogP contribution < -0.4 is 5.56 Å². The quantitative estimate of drug-likeness (QED) is 0.864. The largest absolute Gasteiger partial charge is 0.478 e. The summed E-state index contributed by atoms with van der Waals surface area (Å²) in [6.45, 7) is 2.01. The Balaban J connectivity index is 2.55. The molecule has 2 aromatic rings. The van der Waals surface area contributed by atoms with Crippen molar-refractivity contribution in [2.75, 3.05) is 0 Å². The van der Waals surface area contributed by atoms with Crippen LogP contribution in [0.4, 0.5) is 0 Å². The van der Waals surface area contributed by atoms with Crippen LogP contribution >= 0.6 is 0 Å². The molecular weight excluding hydrogens is 232 g/mol. The highest BCUT2D eigenvalue weighted by Gasteiger charge is 2.13. The Kier molecular flexibility index (Phi) is 3.32. The van der Waals surface area contributed by atoms with E-state index >= 15 is 0 Å². The van der Waals surface area contributed by atoms with Gasteiger partial charge >= 0.3 is 5.97 Å². The van der Waals surface area contributed by atoms with Crippen molar-refractivity contribution in [1.29, 1.82) is 0 Å². The third-order valence-corrected chi connectivity index (χ3v) is 2.67. The minimum absolute atomic E-state index is 0.101. The minimum Gasteiger partial charge on any atom is -0.478 e. The second-order valence-electron chi connectivity index (χ2n) is 4.03. The fourth-order valence-corrected chi connectivity index (χ4v) is 1.87. The van der Waals surface area contributed by atoms with Gasteiger partial charge in [-0.3, -0.25) is 9.89 Å². The summed E-state index contributed by atoms with van der Waals surface area (Å²) in [5, 5.41) is 12.0. The van der Waals surface area contributed by atoms with E-state index in [2.05, 4.69) is 5.10 Å². The number of aromatic carboxylic acids is 1. The second-order valence-corrected chi connectivity index (χ2v) is 4.03. The van der Waals surface area contributed by atoms with Crippen molar-refractivity contribution in [3.8, 4) is 5.69 Å².